The monoisotopic (exact) mass is 312 g/mol. The Morgan fingerprint density at radius 3 is 2.59 bits per heavy atom. The van der Waals surface area contributed by atoms with Crippen LogP contribution in [0.4, 0.5) is 0 Å². The Morgan fingerprint density at radius 2 is 2.05 bits per heavy atom. The van der Waals surface area contributed by atoms with Crippen LogP contribution in [-0.4, -0.2) is 62.7 Å². The van der Waals surface area contributed by atoms with Crippen LogP contribution in [0.1, 0.15) is 40.0 Å². The van der Waals surface area contributed by atoms with Gasteiger partial charge in [0.1, 0.15) is 0 Å². The van der Waals surface area contributed by atoms with Gasteiger partial charge in [0.05, 0.1) is 19.6 Å². The summed E-state index contributed by atoms with van der Waals surface area (Å²) in [7, 11) is 1.41. The summed E-state index contributed by atoms with van der Waals surface area (Å²) in [5.41, 5.74) is 0. The van der Waals surface area contributed by atoms with Gasteiger partial charge in [0.2, 0.25) is 0 Å². The van der Waals surface area contributed by atoms with Crippen molar-refractivity contribution >= 4 is 11.9 Å². The lowest BCUT2D eigenvalue weighted by molar-refractivity contribution is -0.144. The molecule has 1 rings (SSSR count). The summed E-state index contributed by atoms with van der Waals surface area (Å²) in [6.45, 7) is 10.8. The Labute approximate surface area is 134 Å². The molecular formula is C16H32N4O2. The Bertz CT molecular complexity index is 352. The van der Waals surface area contributed by atoms with Crippen LogP contribution in [0.25, 0.3) is 0 Å². The number of nitrogens with zero attached hydrogens (tertiary/aromatic N) is 2. The van der Waals surface area contributed by atoms with E-state index >= 15 is 0 Å². The van der Waals surface area contributed by atoms with E-state index in [1.54, 1.807) is 0 Å². The number of ether oxygens (including phenoxy) is 1. The van der Waals surface area contributed by atoms with Crippen LogP contribution in [0, 0.1) is 5.92 Å². The molecule has 1 aliphatic rings. The van der Waals surface area contributed by atoms with Crippen LogP contribution in [0.3, 0.4) is 0 Å². The van der Waals surface area contributed by atoms with Gasteiger partial charge in [-0.2, -0.15) is 0 Å². The fraction of sp³-hybridized carbons (Fsp3) is 0.875. The summed E-state index contributed by atoms with van der Waals surface area (Å²) < 4.78 is 4.73. The number of hydrogen-bond acceptors (Lipinski definition) is 4. The molecule has 0 radical (unpaired) electrons. The third-order valence-electron chi connectivity index (χ3n) is 3.94. The van der Waals surface area contributed by atoms with Crippen molar-refractivity contribution in [2.45, 2.75) is 46.1 Å². The number of piperidine rings is 1. The highest BCUT2D eigenvalue weighted by molar-refractivity contribution is 5.80. The highest BCUT2D eigenvalue weighted by Crippen LogP contribution is 2.10. The molecule has 6 heteroatoms. The number of carbonyl (C=O) groups excluding carboxylic acids is 1. The van der Waals surface area contributed by atoms with Gasteiger partial charge in [-0.15, -0.1) is 0 Å². The number of esters is 1. The Morgan fingerprint density at radius 1 is 1.36 bits per heavy atom. The first-order valence-electron chi connectivity index (χ1n) is 8.45. The van der Waals surface area contributed by atoms with Crippen LogP contribution in [0.5, 0.6) is 0 Å². The molecule has 0 saturated carbocycles. The van der Waals surface area contributed by atoms with Gasteiger partial charge in [0, 0.05) is 25.7 Å². The lowest BCUT2D eigenvalue weighted by Gasteiger charge is -2.32. The van der Waals surface area contributed by atoms with Gasteiger partial charge < -0.3 is 20.3 Å². The molecule has 6 nitrogen and oxygen atoms in total. The minimum atomic E-state index is -0.216. The maximum Gasteiger partial charge on any atom is 0.310 e. The lowest BCUT2D eigenvalue weighted by Crippen LogP contribution is -2.49. The van der Waals surface area contributed by atoms with E-state index < -0.39 is 0 Å². The Hall–Kier alpha value is -1.30. The van der Waals surface area contributed by atoms with E-state index in [2.05, 4.69) is 27.4 Å². The molecule has 0 aliphatic carbocycles. The minimum Gasteiger partial charge on any atom is -0.469 e. The number of guanidine groups is 1. The SMILES string of the molecule is CCCN1CCC(NC(=NCC(C)C(=O)OC)NCC)CC1. The maximum atomic E-state index is 11.4. The first kappa shape index (κ1) is 18.7. The first-order chi connectivity index (χ1) is 10.6. The van der Waals surface area contributed by atoms with Crippen LogP contribution in [0.2, 0.25) is 0 Å². The highest BCUT2D eigenvalue weighted by Gasteiger charge is 2.19. The molecule has 1 aliphatic heterocycles. The Balaban J connectivity index is 2.45. The third-order valence-corrected chi connectivity index (χ3v) is 3.94. The van der Waals surface area contributed by atoms with Crippen molar-refractivity contribution in [3.05, 3.63) is 0 Å². The zero-order valence-electron chi connectivity index (χ0n) is 14.5. The second kappa shape index (κ2) is 10.4. The molecule has 1 heterocycles. The molecule has 0 amide bonds. The summed E-state index contributed by atoms with van der Waals surface area (Å²) >= 11 is 0. The van der Waals surface area contributed by atoms with Gasteiger partial charge in [-0.1, -0.05) is 13.8 Å². The van der Waals surface area contributed by atoms with Gasteiger partial charge in [-0.25, -0.2) is 0 Å². The van der Waals surface area contributed by atoms with E-state index in [-0.39, 0.29) is 11.9 Å². The quantitative estimate of drug-likeness (QED) is 0.420. The zero-order valence-corrected chi connectivity index (χ0v) is 14.5. The van der Waals surface area contributed by atoms with Crippen molar-refractivity contribution in [1.29, 1.82) is 0 Å². The molecule has 0 aromatic heterocycles. The number of nitrogens with one attached hydrogen (secondary N) is 2. The zero-order chi connectivity index (χ0) is 16.4. The van der Waals surface area contributed by atoms with Crippen molar-refractivity contribution in [2.24, 2.45) is 10.9 Å². The number of methoxy groups -OCH3 is 1. The van der Waals surface area contributed by atoms with Crippen molar-refractivity contribution < 1.29 is 9.53 Å². The van der Waals surface area contributed by atoms with Crippen molar-refractivity contribution in [3.63, 3.8) is 0 Å². The van der Waals surface area contributed by atoms with Crippen LogP contribution in [-0.2, 0) is 9.53 Å². The second-order valence-electron chi connectivity index (χ2n) is 5.90. The number of likely N-dealkylation sites (tertiary alicyclic amines) is 1. The van der Waals surface area contributed by atoms with Crippen LogP contribution < -0.4 is 10.6 Å². The van der Waals surface area contributed by atoms with E-state index in [1.807, 2.05) is 13.8 Å². The molecule has 128 valence electrons. The minimum absolute atomic E-state index is 0.215. The van der Waals surface area contributed by atoms with Gasteiger partial charge in [-0.3, -0.25) is 9.79 Å². The smallest absolute Gasteiger partial charge is 0.310 e. The number of carbonyl (C=O) groups is 1. The predicted molar refractivity (Wildman–Crippen MR) is 90.0 cm³/mol. The summed E-state index contributed by atoms with van der Waals surface area (Å²) in [5, 5.41) is 6.74. The topological polar surface area (TPSA) is 66.0 Å². The molecule has 1 unspecified atom stereocenters. The van der Waals surface area contributed by atoms with Crippen LogP contribution >= 0.6 is 0 Å². The molecule has 0 bridgehead atoms. The summed E-state index contributed by atoms with van der Waals surface area (Å²) in [6.07, 6.45) is 3.49. The summed E-state index contributed by atoms with van der Waals surface area (Å²) in [4.78, 5) is 18.5. The Kier molecular flexibility index (Phi) is 8.89. The van der Waals surface area contributed by atoms with Gasteiger partial charge in [-0.05, 0) is 32.7 Å². The average molecular weight is 312 g/mol. The van der Waals surface area contributed by atoms with Crippen molar-refractivity contribution in [1.82, 2.24) is 15.5 Å². The molecule has 2 N–H and O–H groups in total. The largest absolute Gasteiger partial charge is 0.469 e. The average Bonchev–Trinajstić information content (AvgIpc) is 2.53. The molecule has 1 saturated heterocycles. The van der Waals surface area contributed by atoms with E-state index in [0.717, 1.165) is 38.4 Å². The number of aliphatic imine (C=N–C) groups is 1. The molecule has 22 heavy (non-hydrogen) atoms. The highest BCUT2D eigenvalue weighted by atomic mass is 16.5. The fourth-order valence-corrected chi connectivity index (χ4v) is 2.63. The first-order valence-corrected chi connectivity index (χ1v) is 8.45. The molecule has 0 aromatic carbocycles. The molecule has 0 aromatic rings. The molecule has 0 spiro atoms. The van der Waals surface area contributed by atoms with Gasteiger partial charge >= 0.3 is 5.97 Å². The second-order valence-corrected chi connectivity index (χ2v) is 5.90. The van der Waals surface area contributed by atoms with Gasteiger partial charge in [0.15, 0.2) is 5.96 Å². The van der Waals surface area contributed by atoms with E-state index in [4.69, 9.17) is 4.74 Å². The van der Waals surface area contributed by atoms with Gasteiger partial charge in [0.25, 0.3) is 0 Å². The summed E-state index contributed by atoms with van der Waals surface area (Å²) in [6, 6.07) is 0.458. The van der Waals surface area contributed by atoms with Crippen molar-refractivity contribution in [3.8, 4) is 0 Å². The standard InChI is InChI=1S/C16H32N4O2/c1-5-9-20-10-7-14(8-11-20)19-16(17-6-2)18-12-13(3)15(21)22-4/h13-14H,5-12H2,1-4H3,(H2,17,18,19). The predicted octanol–water partition coefficient (Wildman–Crippen LogP) is 1.23. The number of rotatable bonds is 7. The third kappa shape index (κ3) is 6.64. The lowest BCUT2D eigenvalue weighted by atomic mass is 10.1. The van der Waals surface area contributed by atoms with Crippen molar-refractivity contribution in [2.75, 3.05) is 39.8 Å². The van der Waals surface area contributed by atoms with E-state index in [9.17, 15) is 4.79 Å². The normalized spacial score (nSPS) is 18.8. The van der Waals surface area contributed by atoms with E-state index in [1.165, 1.54) is 20.1 Å². The van der Waals surface area contributed by atoms with E-state index in [0.29, 0.717) is 12.6 Å². The summed E-state index contributed by atoms with van der Waals surface area (Å²) in [5.74, 6) is 0.367. The molecular weight excluding hydrogens is 280 g/mol. The van der Waals surface area contributed by atoms with Crippen LogP contribution in [0.15, 0.2) is 4.99 Å². The molecule has 1 fully saturated rings. The fourth-order valence-electron chi connectivity index (χ4n) is 2.63. The maximum absolute atomic E-state index is 11.4. The number of hydrogen-bond donors (Lipinski definition) is 2. The molecule has 1 atom stereocenters.